The van der Waals surface area contributed by atoms with Gasteiger partial charge in [0, 0.05) is 6.54 Å². The summed E-state index contributed by atoms with van der Waals surface area (Å²) >= 11 is 1.52. The summed E-state index contributed by atoms with van der Waals surface area (Å²) in [7, 11) is 0. The van der Waals surface area contributed by atoms with Crippen molar-refractivity contribution in [3.63, 3.8) is 0 Å². The highest BCUT2D eigenvalue weighted by atomic mass is 32.2. The van der Waals surface area contributed by atoms with Crippen LogP contribution in [0, 0.1) is 5.92 Å². The minimum absolute atomic E-state index is 0.0688. The zero-order valence-electron chi connectivity index (χ0n) is 20.8. The van der Waals surface area contributed by atoms with E-state index in [1.807, 2.05) is 6.26 Å². The largest absolute Gasteiger partial charge is 0.480 e. The van der Waals surface area contributed by atoms with E-state index in [1.54, 1.807) is 13.8 Å². The average molecular weight is 520 g/mol. The number of nitrogens with zero attached hydrogens (tertiary/aromatic N) is 1. The summed E-state index contributed by atoms with van der Waals surface area (Å²) < 4.78 is 0. The van der Waals surface area contributed by atoms with E-state index < -0.39 is 54.0 Å². The van der Waals surface area contributed by atoms with Crippen molar-refractivity contribution in [3.8, 4) is 0 Å². The summed E-state index contributed by atoms with van der Waals surface area (Å²) in [5.41, 5.74) is 16.3. The second kappa shape index (κ2) is 16.9. The molecule has 0 aromatic rings. The highest BCUT2D eigenvalue weighted by Crippen LogP contribution is 2.11. The first-order chi connectivity index (χ1) is 16.3. The Morgan fingerprint density at radius 3 is 2.03 bits per heavy atom. The molecule has 0 fully saturated rings. The SMILES string of the molecule is CCC(C)C(NC(=O)C(NC(=O)C(N)CCSC)C(C)O)C(=O)NC(CCCN=C(N)N)C(=O)O. The molecule has 0 aliphatic carbocycles. The average Bonchev–Trinajstić information content (AvgIpc) is 2.79. The van der Waals surface area contributed by atoms with Gasteiger partial charge in [0.1, 0.15) is 18.1 Å². The number of carboxylic acids is 1. The third-order valence-corrected chi connectivity index (χ3v) is 6.03. The lowest BCUT2D eigenvalue weighted by molar-refractivity contribution is -0.143. The van der Waals surface area contributed by atoms with Crippen LogP contribution in [0.15, 0.2) is 4.99 Å². The lowest BCUT2D eigenvalue weighted by atomic mass is 9.96. The monoisotopic (exact) mass is 519 g/mol. The number of carboxylic acid groups (broad SMARTS) is 1. The van der Waals surface area contributed by atoms with Crippen LogP contribution >= 0.6 is 11.8 Å². The number of rotatable bonds is 17. The molecule has 0 bridgehead atoms. The molecule has 35 heavy (non-hydrogen) atoms. The molecule has 0 aliphatic heterocycles. The van der Waals surface area contributed by atoms with Crippen molar-refractivity contribution in [2.45, 2.75) is 76.7 Å². The molecule has 0 saturated heterocycles. The van der Waals surface area contributed by atoms with Gasteiger partial charge < -0.3 is 43.4 Å². The van der Waals surface area contributed by atoms with E-state index in [1.165, 1.54) is 18.7 Å². The summed E-state index contributed by atoms with van der Waals surface area (Å²) in [5, 5.41) is 27.0. The van der Waals surface area contributed by atoms with Gasteiger partial charge >= 0.3 is 5.97 Å². The Kier molecular flexibility index (Phi) is 15.7. The number of nitrogens with one attached hydrogen (secondary N) is 3. The number of hydrogen-bond donors (Lipinski definition) is 8. The second-order valence-electron chi connectivity index (χ2n) is 8.33. The molecule has 0 radical (unpaired) electrons. The van der Waals surface area contributed by atoms with Crippen molar-refractivity contribution in [2.75, 3.05) is 18.6 Å². The topological polar surface area (TPSA) is 235 Å². The number of carbonyl (C=O) groups excluding carboxylic acids is 3. The Hall–Kier alpha value is -2.58. The van der Waals surface area contributed by atoms with Crippen LogP contribution in [0.2, 0.25) is 0 Å². The van der Waals surface area contributed by atoms with Crippen LogP contribution in [0.5, 0.6) is 0 Å². The fraction of sp³-hybridized carbons (Fsp3) is 0.762. The van der Waals surface area contributed by atoms with Crippen molar-refractivity contribution in [1.29, 1.82) is 0 Å². The van der Waals surface area contributed by atoms with Gasteiger partial charge in [-0.3, -0.25) is 19.4 Å². The lowest BCUT2D eigenvalue weighted by Crippen LogP contribution is -2.61. The maximum atomic E-state index is 12.9. The summed E-state index contributed by atoms with van der Waals surface area (Å²) in [6.07, 6.45) is 1.86. The molecule has 0 aromatic heterocycles. The van der Waals surface area contributed by atoms with E-state index in [0.29, 0.717) is 25.0 Å². The number of aliphatic hydroxyl groups excluding tert-OH is 1. The van der Waals surface area contributed by atoms with Crippen LogP contribution in [0.1, 0.15) is 46.5 Å². The molecule has 6 atom stereocenters. The smallest absolute Gasteiger partial charge is 0.326 e. The zero-order valence-corrected chi connectivity index (χ0v) is 21.6. The van der Waals surface area contributed by atoms with Crippen molar-refractivity contribution in [3.05, 3.63) is 0 Å². The Morgan fingerprint density at radius 2 is 1.54 bits per heavy atom. The molecule has 0 aliphatic rings. The summed E-state index contributed by atoms with van der Waals surface area (Å²) in [5.74, 6) is -3.18. The number of nitrogens with two attached hydrogens (primary N) is 3. The van der Waals surface area contributed by atoms with E-state index in [0.717, 1.165) is 0 Å². The Morgan fingerprint density at radius 1 is 0.971 bits per heavy atom. The van der Waals surface area contributed by atoms with Crippen molar-refractivity contribution in [2.24, 2.45) is 28.1 Å². The van der Waals surface area contributed by atoms with E-state index in [9.17, 15) is 29.4 Å². The highest BCUT2D eigenvalue weighted by Gasteiger charge is 2.34. The first kappa shape index (κ1) is 32.4. The number of aliphatic carboxylic acids is 1. The predicted molar refractivity (Wildman–Crippen MR) is 135 cm³/mol. The van der Waals surface area contributed by atoms with Gasteiger partial charge in [0.05, 0.1) is 12.1 Å². The van der Waals surface area contributed by atoms with Crippen LogP contribution in [0.3, 0.4) is 0 Å². The predicted octanol–water partition coefficient (Wildman–Crippen LogP) is -1.91. The normalized spacial score (nSPS) is 16.1. The standard InChI is InChI=1S/C21H41N7O6S/c1-5-11(2)15(18(31)26-14(20(33)34)7-6-9-25-21(23)24)27-19(32)16(12(3)29)28-17(30)13(22)8-10-35-4/h11-16,29H,5-10,22H2,1-4H3,(H,26,31)(H,27,32)(H,28,30)(H,33,34)(H4,23,24,25). The molecule has 0 saturated carbocycles. The summed E-state index contributed by atoms with van der Waals surface area (Å²) in [6.45, 7) is 5.04. The zero-order chi connectivity index (χ0) is 27.1. The maximum Gasteiger partial charge on any atom is 0.326 e. The van der Waals surface area contributed by atoms with Gasteiger partial charge in [-0.05, 0) is 44.1 Å². The van der Waals surface area contributed by atoms with Crippen LogP contribution in [-0.4, -0.2) is 88.7 Å². The molecular formula is C21H41N7O6S. The summed E-state index contributed by atoms with van der Waals surface area (Å²) in [6, 6.07) is -4.53. The molecule has 202 valence electrons. The number of thioether (sulfide) groups is 1. The molecule has 13 nitrogen and oxygen atoms in total. The minimum atomic E-state index is -1.35. The molecule has 14 heteroatoms. The fourth-order valence-electron chi connectivity index (χ4n) is 3.01. The number of guanidine groups is 1. The number of hydrogen-bond acceptors (Lipinski definition) is 8. The number of aliphatic hydroxyl groups is 1. The molecule has 11 N–H and O–H groups in total. The quantitative estimate of drug-likeness (QED) is 0.0602. The third-order valence-electron chi connectivity index (χ3n) is 5.39. The van der Waals surface area contributed by atoms with Gasteiger partial charge in [0.15, 0.2) is 5.96 Å². The second-order valence-corrected chi connectivity index (χ2v) is 9.32. The van der Waals surface area contributed by atoms with Crippen LogP contribution < -0.4 is 33.2 Å². The maximum absolute atomic E-state index is 12.9. The first-order valence-corrected chi connectivity index (χ1v) is 12.9. The van der Waals surface area contributed by atoms with Gasteiger partial charge in [-0.25, -0.2) is 4.79 Å². The van der Waals surface area contributed by atoms with E-state index in [2.05, 4.69) is 20.9 Å². The number of aliphatic imine (C=N–C) groups is 1. The molecule has 0 aromatic carbocycles. The summed E-state index contributed by atoms with van der Waals surface area (Å²) in [4.78, 5) is 53.6. The molecule has 0 heterocycles. The Balaban J connectivity index is 5.40. The third kappa shape index (κ3) is 12.6. The first-order valence-electron chi connectivity index (χ1n) is 11.5. The van der Waals surface area contributed by atoms with E-state index >= 15 is 0 Å². The molecule has 0 rings (SSSR count). The van der Waals surface area contributed by atoms with Gasteiger partial charge in [-0.1, -0.05) is 20.3 Å². The molecule has 3 amide bonds. The molecule has 0 spiro atoms. The minimum Gasteiger partial charge on any atom is -0.480 e. The van der Waals surface area contributed by atoms with E-state index in [4.69, 9.17) is 17.2 Å². The van der Waals surface area contributed by atoms with Crippen LogP contribution in [0.4, 0.5) is 0 Å². The van der Waals surface area contributed by atoms with E-state index in [-0.39, 0.29) is 24.8 Å². The number of amides is 3. The van der Waals surface area contributed by atoms with Gasteiger partial charge in [-0.2, -0.15) is 11.8 Å². The van der Waals surface area contributed by atoms with Crippen molar-refractivity contribution in [1.82, 2.24) is 16.0 Å². The fourth-order valence-corrected chi connectivity index (χ4v) is 3.50. The Bertz CT molecular complexity index is 733. The van der Waals surface area contributed by atoms with Gasteiger partial charge in [0.2, 0.25) is 17.7 Å². The molecule has 6 unspecified atom stereocenters. The van der Waals surface area contributed by atoms with Crippen LogP contribution in [0.25, 0.3) is 0 Å². The Labute approximate surface area is 210 Å². The van der Waals surface area contributed by atoms with Gasteiger partial charge in [0.25, 0.3) is 0 Å². The lowest BCUT2D eigenvalue weighted by Gasteiger charge is -2.29. The highest BCUT2D eigenvalue weighted by molar-refractivity contribution is 7.98. The van der Waals surface area contributed by atoms with Gasteiger partial charge in [-0.15, -0.1) is 0 Å². The van der Waals surface area contributed by atoms with Crippen molar-refractivity contribution < 1.29 is 29.4 Å². The number of carbonyl (C=O) groups is 4. The molecular weight excluding hydrogens is 478 g/mol. The van der Waals surface area contributed by atoms with Crippen LogP contribution in [-0.2, 0) is 19.2 Å². The van der Waals surface area contributed by atoms with Crippen molar-refractivity contribution >= 4 is 41.4 Å².